The average molecular weight is 286 g/mol. The van der Waals surface area contributed by atoms with Crippen LogP contribution >= 0.6 is 0 Å². The van der Waals surface area contributed by atoms with Gasteiger partial charge in [-0.15, -0.1) is 0 Å². The molecule has 0 spiro atoms. The topological polar surface area (TPSA) is 98.5 Å². The van der Waals surface area contributed by atoms with Crippen molar-refractivity contribution in [2.75, 3.05) is 31.7 Å². The van der Waals surface area contributed by atoms with Gasteiger partial charge in [0.25, 0.3) is 0 Å². The number of rotatable bonds is 6. The predicted molar refractivity (Wildman–Crippen MR) is 72.5 cm³/mol. The van der Waals surface area contributed by atoms with Gasteiger partial charge in [-0.1, -0.05) is 12.1 Å². The third-order valence-electron chi connectivity index (χ3n) is 2.57. The molecular weight excluding hydrogens is 268 g/mol. The number of amides is 1. The van der Waals surface area contributed by atoms with E-state index >= 15 is 0 Å². The molecule has 0 heterocycles. The molecule has 106 valence electrons. The Bertz CT molecular complexity index is 555. The fraction of sp³-hybridized carbons (Fsp3) is 0.417. The summed E-state index contributed by atoms with van der Waals surface area (Å²) in [4.78, 5) is 11.5. The van der Waals surface area contributed by atoms with Crippen molar-refractivity contribution in [3.05, 3.63) is 23.8 Å². The van der Waals surface area contributed by atoms with Crippen molar-refractivity contribution in [1.82, 2.24) is 5.32 Å². The number of benzene rings is 1. The molecule has 0 aliphatic carbocycles. The predicted octanol–water partition coefficient (Wildman–Crippen LogP) is 0.114. The molecule has 6 nitrogen and oxygen atoms in total. The highest BCUT2D eigenvalue weighted by molar-refractivity contribution is 7.92. The van der Waals surface area contributed by atoms with Gasteiger partial charge in [0, 0.05) is 13.7 Å². The van der Waals surface area contributed by atoms with Gasteiger partial charge in [0.15, 0.2) is 9.84 Å². The third-order valence-corrected chi connectivity index (χ3v) is 4.24. The van der Waals surface area contributed by atoms with Crippen LogP contribution in [-0.4, -0.2) is 40.3 Å². The van der Waals surface area contributed by atoms with Crippen LogP contribution in [0.3, 0.4) is 0 Å². The minimum atomic E-state index is -3.73. The summed E-state index contributed by atoms with van der Waals surface area (Å²) in [6, 6.07) is 4.72. The van der Waals surface area contributed by atoms with Crippen molar-refractivity contribution in [1.29, 1.82) is 0 Å². The zero-order chi connectivity index (χ0) is 14.5. The quantitative estimate of drug-likeness (QED) is 0.571. The van der Waals surface area contributed by atoms with E-state index in [9.17, 15) is 13.2 Å². The molecular formula is C12H18N2O4S. The molecule has 0 radical (unpaired) electrons. The Morgan fingerprint density at radius 2 is 2.11 bits per heavy atom. The molecule has 1 rings (SSSR count). The average Bonchev–Trinajstić information content (AvgIpc) is 2.32. The zero-order valence-corrected chi connectivity index (χ0v) is 11.8. The highest BCUT2D eigenvalue weighted by Gasteiger charge is 2.22. The molecule has 0 bridgehead atoms. The van der Waals surface area contributed by atoms with Crippen molar-refractivity contribution in [3.8, 4) is 0 Å². The fourth-order valence-electron chi connectivity index (χ4n) is 1.52. The summed E-state index contributed by atoms with van der Waals surface area (Å²) in [7, 11) is -2.23. The van der Waals surface area contributed by atoms with Crippen molar-refractivity contribution >= 4 is 21.4 Å². The molecule has 19 heavy (non-hydrogen) atoms. The number of anilines is 1. The summed E-state index contributed by atoms with van der Waals surface area (Å²) in [5.41, 5.74) is 6.59. The van der Waals surface area contributed by atoms with Gasteiger partial charge in [-0.2, -0.15) is 0 Å². The van der Waals surface area contributed by atoms with Crippen LogP contribution in [0.25, 0.3) is 0 Å². The van der Waals surface area contributed by atoms with E-state index in [2.05, 4.69) is 5.32 Å². The minimum Gasteiger partial charge on any atom is -0.397 e. The second-order valence-electron chi connectivity index (χ2n) is 4.09. The first-order valence-corrected chi connectivity index (χ1v) is 7.37. The Balaban J connectivity index is 2.81. The first-order valence-electron chi connectivity index (χ1n) is 5.72. The highest BCUT2D eigenvalue weighted by atomic mass is 32.2. The molecule has 0 aromatic heterocycles. The number of hydrogen-bond acceptors (Lipinski definition) is 5. The first kappa shape index (κ1) is 15.5. The van der Waals surface area contributed by atoms with Gasteiger partial charge in [-0.3, -0.25) is 4.79 Å². The van der Waals surface area contributed by atoms with E-state index in [1.165, 1.54) is 13.2 Å². The van der Waals surface area contributed by atoms with Crippen LogP contribution in [0.2, 0.25) is 0 Å². The van der Waals surface area contributed by atoms with Crippen LogP contribution in [0, 0.1) is 6.92 Å². The molecule has 0 aliphatic rings. The van der Waals surface area contributed by atoms with E-state index in [1.54, 1.807) is 19.1 Å². The van der Waals surface area contributed by atoms with Crippen LogP contribution in [0.4, 0.5) is 5.69 Å². The van der Waals surface area contributed by atoms with Crippen LogP contribution < -0.4 is 11.1 Å². The summed E-state index contributed by atoms with van der Waals surface area (Å²) >= 11 is 0. The summed E-state index contributed by atoms with van der Waals surface area (Å²) in [5.74, 6) is -1.19. The molecule has 7 heteroatoms. The number of aryl methyl sites for hydroxylation is 1. The van der Waals surface area contributed by atoms with E-state index in [4.69, 9.17) is 10.5 Å². The molecule has 0 saturated carbocycles. The third kappa shape index (κ3) is 4.22. The molecule has 0 saturated heterocycles. The molecule has 0 unspecified atom stereocenters. The monoisotopic (exact) mass is 286 g/mol. The maximum Gasteiger partial charge on any atom is 0.235 e. The Morgan fingerprint density at radius 3 is 2.74 bits per heavy atom. The van der Waals surface area contributed by atoms with E-state index < -0.39 is 21.5 Å². The first-order chi connectivity index (χ1) is 8.88. The van der Waals surface area contributed by atoms with Gasteiger partial charge < -0.3 is 15.8 Å². The molecule has 1 aromatic carbocycles. The number of ether oxygens (including phenoxy) is 1. The molecule has 1 amide bonds. The van der Waals surface area contributed by atoms with E-state index in [1.807, 2.05) is 0 Å². The SMILES string of the molecule is COCCNC(=O)CS(=O)(=O)c1cccc(C)c1N. The maximum atomic E-state index is 12.1. The number of sulfone groups is 1. The Labute approximate surface area is 112 Å². The van der Waals surface area contributed by atoms with E-state index in [-0.39, 0.29) is 17.1 Å². The minimum absolute atomic E-state index is 0.00519. The lowest BCUT2D eigenvalue weighted by Crippen LogP contribution is -2.32. The Hall–Kier alpha value is -1.60. The van der Waals surface area contributed by atoms with E-state index in [0.717, 1.165) is 0 Å². The molecule has 0 atom stereocenters. The molecule has 1 aromatic rings. The molecule has 3 N–H and O–H groups in total. The number of nitrogens with one attached hydrogen (secondary N) is 1. The van der Waals surface area contributed by atoms with Crippen molar-refractivity contribution < 1.29 is 17.9 Å². The van der Waals surface area contributed by atoms with Crippen LogP contribution in [0.1, 0.15) is 5.56 Å². The number of hydrogen-bond donors (Lipinski definition) is 2. The van der Waals surface area contributed by atoms with Crippen molar-refractivity contribution in [3.63, 3.8) is 0 Å². The number of methoxy groups -OCH3 is 1. The number of carbonyl (C=O) groups is 1. The second-order valence-corrected chi connectivity index (χ2v) is 6.05. The van der Waals surface area contributed by atoms with Crippen LogP contribution in [0.15, 0.2) is 23.1 Å². The summed E-state index contributed by atoms with van der Waals surface area (Å²) in [6.45, 7) is 2.32. The van der Waals surface area contributed by atoms with Crippen molar-refractivity contribution in [2.24, 2.45) is 0 Å². The number of para-hydroxylation sites is 1. The number of nitrogens with two attached hydrogens (primary N) is 1. The Kier molecular flexibility index (Phi) is 5.31. The van der Waals surface area contributed by atoms with Crippen LogP contribution in [-0.2, 0) is 19.4 Å². The largest absolute Gasteiger partial charge is 0.397 e. The summed E-state index contributed by atoms with van der Waals surface area (Å²) < 4.78 is 28.9. The zero-order valence-electron chi connectivity index (χ0n) is 11.0. The second kappa shape index (κ2) is 6.53. The smallest absolute Gasteiger partial charge is 0.235 e. The van der Waals surface area contributed by atoms with Gasteiger partial charge >= 0.3 is 0 Å². The molecule has 0 aliphatic heterocycles. The van der Waals surface area contributed by atoms with Gasteiger partial charge in [0.2, 0.25) is 5.91 Å². The number of nitrogen functional groups attached to an aromatic ring is 1. The summed E-state index contributed by atoms with van der Waals surface area (Å²) in [6.07, 6.45) is 0. The number of carbonyl (C=O) groups excluding carboxylic acids is 1. The lowest BCUT2D eigenvalue weighted by molar-refractivity contribution is -0.118. The normalized spacial score (nSPS) is 11.3. The van der Waals surface area contributed by atoms with Crippen molar-refractivity contribution in [2.45, 2.75) is 11.8 Å². The highest BCUT2D eigenvalue weighted by Crippen LogP contribution is 2.22. The van der Waals surface area contributed by atoms with Gasteiger partial charge in [-0.05, 0) is 18.6 Å². The maximum absolute atomic E-state index is 12.1. The lowest BCUT2D eigenvalue weighted by atomic mass is 10.2. The van der Waals surface area contributed by atoms with Gasteiger partial charge in [-0.25, -0.2) is 8.42 Å². The fourth-order valence-corrected chi connectivity index (χ4v) is 2.90. The molecule has 0 fully saturated rings. The Morgan fingerprint density at radius 1 is 1.42 bits per heavy atom. The summed E-state index contributed by atoms with van der Waals surface area (Å²) in [5, 5.41) is 2.46. The standard InChI is InChI=1S/C12H18N2O4S/c1-9-4-3-5-10(12(9)13)19(16,17)8-11(15)14-6-7-18-2/h3-5H,6-8,13H2,1-2H3,(H,14,15). The van der Waals surface area contributed by atoms with Crippen LogP contribution in [0.5, 0.6) is 0 Å². The van der Waals surface area contributed by atoms with Gasteiger partial charge in [0.1, 0.15) is 5.75 Å². The lowest BCUT2D eigenvalue weighted by Gasteiger charge is -2.09. The van der Waals surface area contributed by atoms with Gasteiger partial charge in [0.05, 0.1) is 17.2 Å². The van der Waals surface area contributed by atoms with E-state index in [0.29, 0.717) is 12.2 Å².